The van der Waals surface area contributed by atoms with Crippen LogP contribution in [0.5, 0.6) is 0 Å². The summed E-state index contributed by atoms with van der Waals surface area (Å²) in [5.74, 6) is 0.336. The van der Waals surface area contributed by atoms with Crippen molar-refractivity contribution in [3.63, 3.8) is 0 Å². The Bertz CT molecular complexity index is 1490. The number of carbonyl (C=O) groups is 1. The number of anilines is 3. The second-order valence-electron chi connectivity index (χ2n) is 7.90. The molecule has 34 heavy (non-hydrogen) atoms. The van der Waals surface area contributed by atoms with Crippen molar-refractivity contribution in [3.05, 3.63) is 113 Å². The van der Waals surface area contributed by atoms with Crippen LogP contribution in [0.1, 0.15) is 15.9 Å². The van der Waals surface area contributed by atoms with Crippen molar-refractivity contribution in [3.8, 4) is 11.3 Å². The van der Waals surface area contributed by atoms with Gasteiger partial charge in [0.2, 0.25) is 5.95 Å². The van der Waals surface area contributed by atoms with E-state index in [4.69, 9.17) is 16.6 Å². The highest BCUT2D eigenvalue weighted by atomic mass is 35.5. The third kappa shape index (κ3) is 4.60. The first kappa shape index (κ1) is 21.6. The molecule has 0 saturated carbocycles. The minimum atomic E-state index is -0.145. The highest BCUT2D eigenvalue weighted by Crippen LogP contribution is 2.30. The molecule has 1 aromatic heterocycles. The maximum atomic E-state index is 12.5. The Kier molecular flexibility index (Phi) is 5.93. The van der Waals surface area contributed by atoms with Crippen molar-refractivity contribution in [2.75, 3.05) is 10.6 Å². The molecule has 0 aliphatic heterocycles. The quantitative estimate of drug-likeness (QED) is 0.287. The number of benzene rings is 4. The van der Waals surface area contributed by atoms with Crippen LogP contribution in [0, 0.1) is 6.92 Å². The predicted octanol–water partition coefficient (Wildman–Crippen LogP) is 7.25. The largest absolute Gasteiger partial charge is 0.324 e. The fourth-order valence-electron chi connectivity index (χ4n) is 3.77. The first-order chi connectivity index (χ1) is 16.6. The molecule has 0 atom stereocenters. The van der Waals surface area contributed by atoms with Gasteiger partial charge in [0.05, 0.1) is 11.2 Å². The van der Waals surface area contributed by atoms with Gasteiger partial charge < -0.3 is 10.6 Å². The Hall–Kier alpha value is -4.22. The fraction of sp³-hybridized carbons (Fsp3) is 0.0357. The smallest absolute Gasteiger partial charge is 0.255 e. The van der Waals surface area contributed by atoms with E-state index in [0.717, 1.165) is 39.1 Å². The first-order valence-corrected chi connectivity index (χ1v) is 11.2. The summed E-state index contributed by atoms with van der Waals surface area (Å²) in [6, 6.07) is 30.4. The highest BCUT2D eigenvalue weighted by molar-refractivity contribution is 6.31. The van der Waals surface area contributed by atoms with Gasteiger partial charge in [0.15, 0.2) is 0 Å². The van der Waals surface area contributed by atoms with Gasteiger partial charge in [-0.2, -0.15) is 0 Å². The van der Waals surface area contributed by atoms with Gasteiger partial charge in [0, 0.05) is 32.9 Å². The summed E-state index contributed by atoms with van der Waals surface area (Å²) in [6.45, 7) is 1.95. The molecule has 5 rings (SSSR count). The van der Waals surface area contributed by atoms with E-state index in [2.05, 4.69) is 15.6 Å². The molecule has 6 heteroatoms. The summed E-state index contributed by atoms with van der Waals surface area (Å²) in [5, 5.41) is 7.80. The van der Waals surface area contributed by atoms with Crippen LogP contribution in [0.4, 0.5) is 17.3 Å². The number of aryl methyl sites for hydroxylation is 1. The molecular formula is C28H21ClN4O. The molecule has 0 aliphatic carbocycles. The summed E-state index contributed by atoms with van der Waals surface area (Å²) in [4.78, 5) is 22.0. The average molecular weight is 465 g/mol. The normalized spacial score (nSPS) is 10.8. The number of carbonyl (C=O) groups excluding carboxylic acids is 1. The molecule has 0 bridgehead atoms. The second-order valence-corrected chi connectivity index (χ2v) is 8.33. The zero-order valence-electron chi connectivity index (χ0n) is 18.4. The number of fused-ring (bicyclic) bond motifs is 1. The van der Waals surface area contributed by atoms with Crippen molar-refractivity contribution >= 4 is 45.7 Å². The van der Waals surface area contributed by atoms with E-state index in [9.17, 15) is 4.79 Å². The number of amides is 1. The Morgan fingerprint density at radius 2 is 1.56 bits per heavy atom. The number of hydrogen-bond acceptors (Lipinski definition) is 4. The Morgan fingerprint density at radius 1 is 0.824 bits per heavy atom. The highest BCUT2D eigenvalue weighted by Gasteiger charge is 2.12. The van der Waals surface area contributed by atoms with Crippen molar-refractivity contribution in [1.29, 1.82) is 0 Å². The number of nitrogens with zero attached hydrogens (tertiary/aromatic N) is 2. The maximum Gasteiger partial charge on any atom is 0.255 e. The molecule has 0 saturated heterocycles. The van der Waals surface area contributed by atoms with Crippen LogP contribution in [0.25, 0.3) is 22.2 Å². The molecule has 5 aromatic rings. The van der Waals surface area contributed by atoms with Crippen molar-refractivity contribution in [2.24, 2.45) is 0 Å². The lowest BCUT2D eigenvalue weighted by molar-refractivity contribution is 0.102. The molecule has 5 nitrogen and oxygen atoms in total. The zero-order chi connectivity index (χ0) is 23.5. The second kappa shape index (κ2) is 9.33. The van der Waals surface area contributed by atoms with Crippen molar-refractivity contribution < 1.29 is 4.79 Å². The molecule has 1 heterocycles. The van der Waals surface area contributed by atoms with Crippen LogP contribution in [0.15, 0.2) is 97.1 Å². The molecule has 0 radical (unpaired) electrons. The molecule has 166 valence electrons. The summed E-state index contributed by atoms with van der Waals surface area (Å²) in [7, 11) is 0. The lowest BCUT2D eigenvalue weighted by atomic mass is 10.1. The van der Waals surface area contributed by atoms with E-state index < -0.39 is 0 Å². The molecule has 0 spiro atoms. The monoisotopic (exact) mass is 464 g/mol. The summed E-state index contributed by atoms with van der Waals surface area (Å²) < 4.78 is 0. The maximum absolute atomic E-state index is 12.5. The van der Waals surface area contributed by atoms with Gasteiger partial charge in [-0.15, -0.1) is 0 Å². The molecule has 0 unspecified atom stereocenters. The minimum Gasteiger partial charge on any atom is -0.324 e. The van der Waals surface area contributed by atoms with E-state index in [1.54, 1.807) is 12.1 Å². The van der Waals surface area contributed by atoms with Crippen molar-refractivity contribution in [2.45, 2.75) is 6.92 Å². The van der Waals surface area contributed by atoms with Crippen LogP contribution in [0.2, 0.25) is 5.02 Å². The Balaban J connectivity index is 1.45. The Labute approximate surface area is 202 Å². The van der Waals surface area contributed by atoms with Gasteiger partial charge in [-0.05, 0) is 61.0 Å². The SMILES string of the molecule is Cc1cc(Nc2nc(-c3ccccc3)c3cc(Cl)ccc3n2)ccc1NC(=O)c1ccccc1. The van der Waals surface area contributed by atoms with Gasteiger partial charge in [-0.1, -0.05) is 60.1 Å². The molecule has 2 N–H and O–H groups in total. The zero-order valence-corrected chi connectivity index (χ0v) is 19.2. The topological polar surface area (TPSA) is 66.9 Å². The fourth-order valence-corrected chi connectivity index (χ4v) is 3.94. The molecule has 4 aromatic carbocycles. The van der Waals surface area contributed by atoms with Crippen LogP contribution in [-0.4, -0.2) is 15.9 Å². The third-order valence-electron chi connectivity index (χ3n) is 5.47. The van der Waals surface area contributed by atoms with E-state index in [1.165, 1.54) is 0 Å². The van der Waals surface area contributed by atoms with Crippen LogP contribution < -0.4 is 10.6 Å². The van der Waals surface area contributed by atoms with Crippen LogP contribution in [-0.2, 0) is 0 Å². The summed E-state index contributed by atoms with van der Waals surface area (Å²) >= 11 is 6.25. The number of halogens is 1. The summed E-state index contributed by atoms with van der Waals surface area (Å²) in [5.41, 5.74) is 5.69. The average Bonchev–Trinajstić information content (AvgIpc) is 2.86. The van der Waals surface area contributed by atoms with Gasteiger partial charge in [-0.25, -0.2) is 9.97 Å². The number of nitrogens with one attached hydrogen (secondary N) is 2. The minimum absolute atomic E-state index is 0.145. The van der Waals surface area contributed by atoms with Gasteiger partial charge in [0.25, 0.3) is 5.91 Å². The van der Waals surface area contributed by atoms with E-state index in [-0.39, 0.29) is 5.91 Å². The van der Waals surface area contributed by atoms with E-state index in [1.807, 2.05) is 91.9 Å². The van der Waals surface area contributed by atoms with Crippen molar-refractivity contribution in [1.82, 2.24) is 9.97 Å². The Morgan fingerprint density at radius 3 is 2.29 bits per heavy atom. The molecular weight excluding hydrogens is 444 g/mol. The van der Waals surface area contributed by atoms with Crippen LogP contribution in [0.3, 0.4) is 0 Å². The molecule has 1 amide bonds. The number of aromatic nitrogens is 2. The van der Waals surface area contributed by atoms with E-state index in [0.29, 0.717) is 16.5 Å². The van der Waals surface area contributed by atoms with Gasteiger partial charge >= 0.3 is 0 Å². The lowest BCUT2D eigenvalue weighted by Gasteiger charge is -2.13. The number of rotatable bonds is 5. The molecule has 0 fully saturated rings. The summed E-state index contributed by atoms with van der Waals surface area (Å²) in [6.07, 6.45) is 0. The third-order valence-corrected chi connectivity index (χ3v) is 5.71. The van der Waals surface area contributed by atoms with Gasteiger partial charge in [-0.3, -0.25) is 4.79 Å². The first-order valence-electron chi connectivity index (χ1n) is 10.8. The molecule has 0 aliphatic rings. The predicted molar refractivity (Wildman–Crippen MR) is 139 cm³/mol. The lowest BCUT2D eigenvalue weighted by Crippen LogP contribution is -2.12. The standard InChI is InChI=1S/C28H21ClN4O/c1-18-16-22(13-15-24(18)31-27(34)20-10-6-3-7-11-20)30-28-32-25-14-12-21(29)17-23(25)26(33-28)19-8-4-2-5-9-19/h2-17H,1H3,(H,31,34)(H,30,32,33). The van der Waals surface area contributed by atoms with Crippen LogP contribution >= 0.6 is 11.6 Å². The number of hydrogen-bond donors (Lipinski definition) is 2. The van der Waals surface area contributed by atoms with Gasteiger partial charge in [0.1, 0.15) is 0 Å². The van der Waals surface area contributed by atoms with E-state index >= 15 is 0 Å².